The Morgan fingerprint density at radius 3 is 1.21 bits per heavy atom. The van der Waals surface area contributed by atoms with Gasteiger partial charge in [0.25, 0.3) is 0 Å². The van der Waals surface area contributed by atoms with Gasteiger partial charge in [-0.2, -0.15) is 0 Å². The average molecular weight is 195 g/mol. The SMILES string of the molecule is CC12N3CCCN1CCCN2CCC3. The molecule has 0 aliphatic carbocycles. The quantitative estimate of drug-likeness (QED) is 0.565. The van der Waals surface area contributed by atoms with Gasteiger partial charge >= 0.3 is 0 Å². The minimum absolute atomic E-state index is 0.286. The van der Waals surface area contributed by atoms with Crippen molar-refractivity contribution in [3.63, 3.8) is 0 Å². The van der Waals surface area contributed by atoms with Crippen LogP contribution in [0.2, 0.25) is 0 Å². The molecule has 14 heavy (non-hydrogen) atoms. The molecule has 3 fully saturated rings. The van der Waals surface area contributed by atoms with E-state index in [0.29, 0.717) is 0 Å². The van der Waals surface area contributed by atoms with Crippen molar-refractivity contribution in [1.29, 1.82) is 0 Å². The van der Waals surface area contributed by atoms with Crippen molar-refractivity contribution < 1.29 is 0 Å². The highest BCUT2D eigenvalue weighted by atomic mass is 15.6. The van der Waals surface area contributed by atoms with Crippen LogP contribution in [0.1, 0.15) is 26.2 Å². The Kier molecular flexibility index (Phi) is 2.08. The summed E-state index contributed by atoms with van der Waals surface area (Å²) in [4.78, 5) is 8.08. The molecular formula is C11H21N3. The summed E-state index contributed by atoms with van der Waals surface area (Å²) in [6.07, 6.45) is 4.09. The zero-order valence-electron chi connectivity index (χ0n) is 9.21. The molecule has 3 aliphatic heterocycles. The molecule has 3 aliphatic rings. The average Bonchev–Trinajstić information content (AvgIpc) is 2.18. The predicted octanol–water partition coefficient (Wildman–Crippen LogP) is 0.777. The Balaban J connectivity index is 1.93. The van der Waals surface area contributed by atoms with E-state index in [1.807, 2.05) is 0 Å². The van der Waals surface area contributed by atoms with E-state index in [2.05, 4.69) is 21.6 Å². The molecule has 0 saturated carbocycles. The van der Waals surface area contributed by atoms with Gasteiger partial charge < -0.3 is 0 Å². The van der Waals surface area contributed by atoms with E-state index in [0.717, 1.165) is 0 Å². The third-order valence-corrected chi connectivity index (χ3v) is 4.37. The second-order valence-electron chi connectivity index (χ2n) is 4.99. The van der Waals surface area contributed by atoms with Gasteiger partial charge in [0.15, 0.2) is 0 Å². The first kappa shape index (κ1) is 9.13. The molecule has 3 nitrogen and oxygen atoms in total. The van der Waals surface area contributed by atoms with Gasteiger partial charge in [-0.3, -0.25) is 14.7 Å². The molecule has 0 aromatic heterocycles. The van der Waals surface area contributed by atoms with Crippen LogP contribution >= 0.6 is 0 Å². The predicted molar refractivity (Wildman–Crippen MR) is 57.0 cm³/mol. The van der Waals surface area contributed by atoms with Crippen LogP contribution in [0.4, 0.5) is 0 Å². The second kappa shape index (κ2) is 3.19. The molecule has 0 spiro atoms. The zero-order valence-corrected chi connectivity index (χ0v) is 9.21. The molecule has 0 radical (unpaired) electrons. The van der Waals surface area contributed by atoms with Gasteiger partial charge in [0.1, 0.15) is 5.79 Å². The highest BCUT2D eigenvalue weighted by Gasteiger charge is 2.48. The Bertz CT molecular complexity index is 181. The summed E-state index contributed by atoms with van der Waals surface area (Å²) in [7, 11) is 0. The Morgan fingerprint density at radius 1 is 0.643 bits per heavy atom. The summed E-state index contributed by atoms with van der Waals surface area (Å²) >= 11 is 0. The first-order chi connectivity index (χ1) is 6.82. The lowest BCUT2D eigenvalue weighted by molar-refractivity contribution is -0.216. The van der Waals surface area contributed by atoms with Crippen molar-refractivity contribution in [2.24, 2.45) is 0 Å². The molecule has 0 atom stereocenters. The van der Waals surface area contributed by atoms with E-state index >= 15 is 0 Å². The van der Waals surface area contributed by atoms with Gasteiger partial charge in [-0.05, 0) is 26.2 Å². The lowest BCUT2D eigenvalue weighted by atomic mass is 10.0. The number of hydrogen-bond acceptors (Lipinski definition) is 3. The van der Waals surface area contributed by atoms with Crippen molar-refractivity contribution >= 4 is 0 Å². The van der Waals surface area contributed by atoms with Crippen molar-refractivity contribution in [1.82, 2.24) is 14.7 Å². The van der Waals surface area contributed by atoms with Gasteiger partial charge in [0.2, 0.25) is 0 Å². The lowest BCUT2D eigenvalue weighted by Crippen LogP contribution is -2.75. The Morgan fingerprint density at radius 2 is 0.929 bits per heavy atom. The number of nitrogens with zero attached hydrogens (tertiary/aromatic N) is 3. The van der Waals surface area contributed by atoms with Crippen molar-refractivity contribution in [2.45, 2.75) is 32.0 Å². The van der Waals surface area contributed by atoms with E-state index in [1.165, 1.54) is 58.5 Å². The minimum atomic E-state index is 0.286. The first-order valence-electron chi connectivity index (χ1n) is 6.07. The van der Waals surface area contributed by atoms with E-state index in [-0.39, 0.29) is 5.79 Å². The molecule has 0 N–H and O–H groups in total. The Hall–Kier alpha value is -0.120. The zero-order chi connectivity index (χ0) is 9.60. The van der Waals surface area contributed by atoms with Gasteiger partial charge in [-0.25, -0.2) is 0 Å². The van der Waals surface area contributed by atoms with Crippen LogP contribution in [0.25, 0.3) is 0 Å². The molecule has 3 heterocycles. The lowest BCUT2D eigenvalue weighted by Gasteiger charge is -2.62. The van der Waals surface area contributed by atoms with Crippen molar-refractivity contribution in [3.8, 4) is 0 Å². The Labute approximate surface area is 86.7 Å². The fourth-order valence-electron chi connectivity index (χ4n) is 3.56. The molecule has 0 unspecified atom stereocenters. The maximum Gasteiger partial charge on any atom is 0.128 e. The molecule has 0 aromatic carbocycles. The fourth-order valence-corrected chi connectivity index (χ4v) is 3.56. The molecule has 0 aromatic rings. The van der Waals surface area contributed by atoms with Crippen LogP contribution < -0.4 is 0 Å². The largest absolute Gasteiger partial charge is 0.273 e. The maximum absolute atomic E-state index is 2.69. The maximum atomic E-state index is 2.69. The van der Waals surface area contributed by atoms with Crippen LogP contribution in [0.3, 0.4) is 0 Å². The third kappa shape index (κ3) is 1.09. The van der Waals surface area contributed by atoms with Crippen molar-refractivity contribution in [2.75, 3.05) is 39.3 Å². The van der Waals surface area contributed by atoms with E-state index in [4.69, 9.17) is 0 Å². The summed E-state index contributed by atoms with van der Waals surface area (Å²) in [6, 6.07) is 0. The second-order valence-corrected chi connectivity index (χ2v) is 4.99. The van der Waals surface area contributed by atoms with Gasteiger partial charge in [-0.1, -0.05) is 0 Å². The third-order valence-electron chi connectivity index (χ3n) is 4.37. The van der Waals surface area contributed by atoms with Gasteiger partial charge in [0.05, 0.1) is 0 Å². The molecular weight excluding hydrogens is 174 g/mol. The van der Waals surface area contributed by atoms with Crippen LogP contribution in [0, 0.1) is 0 Å². The summed E-state index contributed by atoms with van der Waals surface area (Å²) < 4.78 is 0. The monoisotopic (exact) mass is 195 g/mol. The van der Waals surface area contributed by atoms with Crippen molar-refractivity contribution in [3.05, 3.63) is 0 Å². The van der Waals surface area contributed by atoms with Gasteiger partial charge in [0, 0.05) is 39.3 Å². The molecule has 3 rings (SSSR count). The normalized spacial score (nSPS) is 34.1. The standard InChI is InChI=1S/C11H21N3/c1-11-12-5-2-6-13(11)8-4-10-14(11)9-3-7-12/h2-10H2,1H3. The van der Waals surface area contributed by atoms with Gasteiger partial charge in [-0.15, -0.1) is 0 Å². The number of hydrogen-bond donors (Lipinski definition) is 0. The van der Waals surface area contributed by atoms with E-state index < -0.39 is 0 Å². The minimum Gasteiger partial charge on any atom is -0.273 e. The van der Waals surface area contributed by atoms with Crippen LogP contribution in [0.5, 0.6) is 0 Å². The smallest absolute Gasteiger partial charge is 0.128 e. The summed E-state index contributed by atoms with van der Waals surface area (Å²) in [5, 5.41) is 0. The topological polar surface area (TPSA) is 9.72 Å². The first-order valence-corrected chi connectivity index (χ1v) is 6.07. The molecule has 0 bridgehead atoms. The summed E-state index contributed by atoms with van der Waals surface area (Å²) in [6.45, 7) is 10.3. The highest BCUT2D eigenvalue weighted by molar-refractivity contribution is 4.96. The summed E-state index contributed by atoms with van der Waals surface area (Å²) in [5.41, 5.74) is 0. The molecule has 80 valence electrons. The van der Waals surface area contributed by atoms with Crippen LogP contribution in [0.15, 0.2) is 0 Å². The van der Waals surface area contributed by atoms with E-state index in [1.54, 1.807) is 0 Å². The number of rotatable bonds is 0. The van der Waals surface area contributed by atoms with E-state index in [9.17, 15) is 0 Å². The fraction of sp³-hybridized carbons (Fsp3) is 1.00. The van der Waals surface area contributed by atoms with Crippen LogP contribution in [-0.4, -0.2) is 59.8 Å². The molecule has 3 saturated heterocycles. The van der Waals surface area contributed by atoms with Crippen LogP contribution in [-0.2, 0) is 0 Å². The molecule has 0 amide bonds. The highest BCUT2D eigenvalue weighted by Crippen LogP contribution is 2.35. The molecule has 3 heteroatoms. The summed E-state index contributed by atoms with van der Waals surface area (Å²) in [5.74, 6) is 0.286.